The topological polar surface area (TPSA) is 45.2 Å². The third-order valence-electron chi connectivity index (χ3n) is 8.09. The van der Waals surface area contributed by atoms with E-state index in [-0.39, 0.29) is 17.8 Å². The number of amides is 1. The van der Waals surface area contributed by atoms with E-state index in [1.165, 1.54) is 17.7 Å². The van der Waals surface area contributed by atoms with Crippen LogP contribution in [-0.2, 0) is 6.54 Å². The van der Waals surface area contributed by atoms with Crippen LogP contribution in [0.3, 0.4) is 0 Å². The molecule has 1 unspecified atom stereocenters. The zero-order valence-electron chi connectivity index (χ0n) is 23.7. The number of hydrogen-bond donors (Lipinski definition) is 0. The first-order chi connectivity index (χ1) is 19.5. The van der Waals surface area contributed by atoms with Crippen molar-refractivity contribution >= 4 is 11.6 Å². The summed E-state index contributed by atoms with van der Waals surface area (Å²) in [6, 6.07) is 20.9. The molecule has 6 nitrogen and oxygen atoms in total. The second-order valence-electron chi connectivity index (χ2n) is 10.9. The van der Waals surface area contributed by atoms with E-state index in [1.54, 1.807) is 7.11 Å². The molecule has 0 bridgehead atoms. The fourth-order valence-electron chi connectivity index (χ4n) is 5.74. The van der Waals surface area contributed by atoms with Crippen molar-refractivity contribution in [2.24, 2.45) is 0 Å². The normalized spacial score (nSPS) is 18.0. The fraction of sp³-hybridized carbons (Fsp3) is 0.424. The lowest BCUT2D eigenvalue weighted by molar-refractivity contribution is 0.0579. The highest BCUT2D eigenvalue weighted by molar-refractivity contribution is 5.94. The number of ether oxygens (including phenoxy) is 2. The van der Waals surface area contributed by atoms with Crippen molar-refractivity contribution in [3.05, 3.63) is 89.2 Å². The average molecular weight is 546 g/mol. The maximum Gasteiger partial charge on any atom is 0.254 e. The number of carbonyl (C=O) groups excluding carboxylic acids is 1. The highest BCUT2D eigenvalue weighted by Gasteiger charge is 2.27. The molecule has 5 rings (SSSR count). The van der Waals surface area contributed by atoms with E-state index in [0.717, 1.165) is 93.3 Å². The Morgan fingerprint density at radius 3 is 2.38 bits per heavy atom. The molecule has 0 spiro atoms. The summed E-state index contributed by atoms with van der Waals surface area (Å²) in [5, 5.41) is 0. The van der Waals surface area contributed by atoms with Crippen LogP contribution in [0.25, 0.3) is 0 Å². The Morgan fingerprint density at radius 1 is 0.900 bits per heavy atom. The van der Waals surface area contributed by atoms with Crippen LogP contribution in [0.15, 0.2) is 66.7 Å². The largest absolute Gasteiger partial charge is 0.493 e. The van der Waals surface area contributed by atoms with Crippen LogP contribution in [0.1, 0.15) is 47.2 Å². The van der Waals surface area contributed by atoms with E-state index in [4.69, 9.17) is 9.47 Å². The molecular weight excluding hydrogens is 505 g/mol. The van der Waals surface area contributed by atoms with Crippen LogP contribution in [-0.4, -0.2) is 68.2 Å². The number of likely N-dealkylation sites (tertiary alicyclic amines) is 1. The van der Waals surface area contributed by atoms with E-state index in [1.807, 2.05) is 54.3 Å². The molecule has 2 saturated heterocycles. The quantitative estimate of drug-likeness (QED) is 0.334. The Morgan fingerprint density at radius 2 is 1.65 bits per heavy atom. The lowest BCUT2D eigenvalue weighted by Crippen LogP contribution is -2.45. The van der Waals surface area contributed by atoms with E-state index in [9.17, 15) is 9.18 Å². The van der Waals surface area contributed by atoms with Crippen LogP contribution < -0.4 is 14.4 Å². The molecule has 212 valence electrons. The van der Waals surface area contributed by atoms with Crippen molar-refractivity contribution in [3.8, 4) is 11.5 Å². The standard InChI is InChI=1S/C33H40FN3O3/c1-25-6-9-27(10-7-25)33(38)37-17-4-3-5-30(37)16-22-40-32-23-26(8-15-31(32)39-2)24-35-18-20-36(21-19-35)29-13-11-28(34)12-14-29/h6-15,23,30H,3-5,16-22,24H2,1-2H3. The number of aryl methyl sites for hydroxylation is 1. The number of halogens is 1. The minimum absolute atomic E-state index is 0.115. The summed E-state index contributed by atoms with van der Waals surface area (Å²) in [6.45, 7) is 7.88. The minimum atomic E-state index is -0.202. The minimum Gasteiger partial charge on any atom is -0.493 e. The van der Waals surface area contributed by atoms with Gasteiger partial charge in [-0.3, -0.25) is 9.69 Å². The van der Waals surface area contributed by atoms with E-state index >= 15 is 0 Å². The summed E-state index contributed by atoms with van der Waals surface area (Å²) in [6.07, 6.45) is 3.97. The highest BCUT2D eigenvalue weighted by atomic mass is 19.1. The predicted octanol–water partition coefficient (Wildman–Crippen LogP) is 5.93. The number of piperidine rings is 1. The number of nitrogens with zero attached hydrogens (tertiary/aromatic N) is 3. The van der Waals surface area contributed by atoms with Crippen molar-refractivity contribution in [3.63, 3.8) is 0 Å². The molecule has 0 aromatic heterocycles. The van der Waals surface area contributed by atoms with Gasteiger partial charge in [-0.05, 0) is 80.3 Å². The zero-order chi connectivity index (χ0) is 27.9. The zero-order valence-corrected chi connectivity index (χ0v) is 23.7. The Bertz CT molecular complexity index is 1260. The van der Waals surface area contributed by atoms with Gasteiger partial charge in [0.25, 0.3) is 5.91 Å². The SMILES string of the molecule is COc1ccc(CN2CCN(c3ccc(F)cc3)CC2)cc1OCCC1CCCCN1C(=O)c1ccc(C)cc1. The number of carbonyl (C=O) groups is 1. The van der Waals surface area contributed by atoms with Crippen LogP contribution in [0, 0.1) is 12.7 Å². The van der Waals surface area contributed by atoms with E-state index in [0.29, 0.717) is 6.61 Å². The Hall–Kier alpha value is -3.58. The van der Waals surface area contributed by atoms with Gasteiger partial charge in [0.05, 0.1) is 13.7 Å². The molecule has 3 aromatic rings. The smallest absolute Gasteiger partial charge is 0.254 e. The molecule has 2 fully saturated rings. The van der Waals surface area contributed by atoms with Crippen LogP contribution in [0.5, 0.6) is 11.5 Å². The molecule has 2 aliphatic rings. The number of hydrogen-bond acceptors (Lipinski definition) is 5. The monoisotopic (exact) mass is 545 g/mol. The van der Waals surface area contributed by atoms with Gasteiger partial charge in [-0.1, -0.05) is 23.8 Å². The lowest BCUT2D eigenvalue weighted by atomic mass is 9.98. The van der Waals surface area contributed by atoms with Crippen molar-refractivity contribution < 1.29 is 18.7 Å². The molecule has 0 radical (unpaired) electrons. The second kappa shape index (κ2) is 13.2. The first-order valence-electron chi connectivity index (χ1n) is 14.4. The summed E-state index contributed by atoms with van der Waals surface area (Å²) in [5.74, 6) is 1.38. The molecule has 1 amide bonds. The highest BCUT2D eigenvalue weighted by Crippen LogP contribution is 2.30. The Labute approximate surface area is 237 Å². The van der Waals surface area contributed by atoms with Gasteiger partial charge < -0.3 is 19.3 Å². The Kier molecular flexibility index (Phi) is 9.22. The molecular formula is C33H40FN3O3. The van der Waals surface area contributed by atoms with Gasteiger partial charge >= 0.3 is 0 Å². The fourth-order valence-corrected chi connectivity index (χ4v) is 5.74. The van der Waals surface area contributed by atoms with Crippen LogP contribution >= 0.6 is 0 Å². The first kappa shape index (κ1) is 28.0. The van der Waals surface area contributed by atoms with Gasteiger partial charge in [0.1, 0.15) is 5.82 Å². The van der Waals surface area contributed by atoms with Crippen LogP contribution in [0.4, 0.5) is 10.1 Å². The summed E-state index contributed by atoms with van der Waals surface area (Å²) in [7, 11) is 1.67. The summed E-state index contributed by atoms with van der Waals surface area (Å²) < 4.78 is 25.1. The van der Waals surface area contributed by atoms with Gasteiger partial charge in [0.15, 0.2) is 11.5 Å². The lowest BCUT2D eigenvalue weighted by Gasteiger charge is -2.36. The number of piperazine rings is 1. The summed E-state index contributed by atoms with van der Waals surface area (Å²) >= 11 is 0. The molecule has 2 heterocycles. The first-order valence-corrected chi connectivity index (χ1v) is 14.4. The van der Waals surface area contributed by atoms with Gasteiger partial charge in [0.2, 0.25) is 0 Å². The predicted molar refractivity (Wildman–Crippen MR) is 157 cm³/mol. The molecule has 0 saturated carbocycles. The maximum absolute atomic E-state index is 13.3. The van der Waals surface area contributed by atoms with Crippen molar-refractivity contribution in [2.75, 3.05) is 51.3 Å². The molecule has 3 aromatic carbocycles. The van der Waals surface area contributed by atoms with Gasteiger partial charge in [-0.15, -0.1) is 0 Å². The molecule has 7 heteroatoms. The average Bonchev–Trinajstić information content (AvgIpc) is 2.98. The number of benzene rings is 3. The summed E-state index contributed by atoms with van der Waals surface area (Å²) in [4.78, 5) is 20.0. The number of methoxy groups -OCH3 is 1. The summed E-state index contributed by atoms with van der Waals surface area (Å²) in [5.41, 5.74) is 4.16. The van der Waals surface area contributed by atoms with Gasteiger partial charge in [-0.2, -0.15) is 0 Å². The van der Waals surface area contributed by atoms with Crippen molar-refractivity contribution in [1.29, 1.82) is 0 Å². The third kappa shape index (κ3) is 6.94. The number of rotatable bonds is 9. The number of anilines is 1. The molecule has 40 heavy (non-hydrogen) atoms. The molecule has 0 aliphatic carbocycles. The molecule has 2 aliphatic heterocycles. The van der Waals surface area contributed by atoms with E-state index < -0.39 is 0 Å². The molecule has 0 N–H and O–H groups in total. The van der Waals surface area contributed by atoms with E-state index in [2.05, 4.69) is 21.9 Å². The van der Waals surface area contributed by atoms with Crippen LogP contribution in [0.2, 0.25) is 0 Å². The van der Waals surface area contributed by atoms with Gasteiger partial charge in [-0.25, -0.2) is 4.39 Å². The van der Waals surface area contributed by atoms with Gasteiger partial charge in [0, 0.05) is 63.0 Å². The second-order valence-corrected chi connectivity index (χ2v) is 10.9. The van der Waals surface area contributed by atoms with Crippen molar-refractivity contribution in [1.82, 2.24) is 9.80 Å². The molecule has 1 atom stereocenters. The maximum atomic E-state index is 13.3. The third-order valence-corrected chi connectivity index (χ3v) is 8.09. The van der Waals surface area contributed by atoms with Crippen molar-refractivity contribution in [2.45, 2.75) is 45.2 Å². The Balaban J connectivity index is 1.15.